The molecule has 23 heavy (non-hydrogen) atoms. The summed E-state index contributed by atoms with van der Waals surface area (Å²) >= 11 is 1.31. The first-order valence-corrected chi connectivity index (χ1v) is 8.12. The van der Waals surface area contributed by atoms with Gasteiger partial charge >= 0.3 is 0 Å². The van der Waals surface area contributed by atoms with Gasteiger partial charge in [0, 0.05) is 18.1 Å². The zero-order chi connectivity index (χ0) is 16.2. The fourth-order valence-electron chi connectivity index (χ4n) is 2.29. The van der Waals surface area contributed by atoms with Gasteiger partial charge in [-0.15, -0.1) is 10.2 Å². The number of anilines is 1. The van der Waals surface area contributed by atoms with Crippen LogP contribution < -0.4 is 5.32 Å². The zero-order valence-electron chi connectivity index (χ0n) is 12.9. The van der Waals surface area contributed by atoms with Crippen molar-refractivity contribution in [2.45, 2.75) is 19.5 Å². The lowest BCUT2D eigenvalue weighted by molar-refractivity contribution is -0.120. The Hall–Kier alpha value is -2.38. The summed E-state index contributed by atoms with van der Waals surface area (Å²) in [7, 11) is 1.93. The quantitative estimate of drug-likeness (QED) is 0.780. The lowest BCUT2D eigenvalue weighted by atomic mass is 10.1. The van der Waals surface area contributed by atoms with Gasteiger partial charge < -0.3 is 0 Å². The smallest absolute Gasteiger partial charge is 0.243 e. The Bertz CT molecular complexity index is 805. The number of nitrogens with one attached hydrogen (secondary N) is 1. The van der Waals surface area contributed by atoms with Gasteiger partial charge in [0.2, 0.25) is 11.0 Å². The van der Waals surface area contributed by atoms with Gasteiger partial charge in [0.25, 0.3) is 0 Å². The van der Waals surface area contributed by atoms with Crippen LogP contribution >= 0.6 is 11.3 Å². The van der Waals surface area contributed by atoms with E-state index in [9.17, 15) is 4.79 Å². The number of fused-ring (bicyclic) bond motifs is 1. The standard InChI is InChI=1S/C16H17N5OS/c1-11(15(22)19-16-20-18-10-23-16)21(2)9-12-5-6-14-13(8-12)4-3-7-17-14/h3-8,10-11H,9H2,1-2H3,(H,19,20,22)/t11-/m1/s1. The third-order valence-electron chi connectivity index (χ3n) is 3.73. The number of nitrogens with zero attached hydrogens (tertiary/aromatic N) is 4. The number of hydrogen-bond acceptors (Lipinski definition) is 6. The van der Waals surface area contributed by atoms with E-state index in [1.165, 1.54) is 11.3 Å². The Balaban J connectivity index is 1.66. The molecule has 2 aromatic heterocycles. The molecule has 0 fully saturated rings. The van der Waals surface area contributed by atoms with Gasteiger partial charge in [-0.2, -0.15) is 0 Å². The number of hydrogen-bond donors (Lipinski definition) is 1. The van der Waals surface area contributed by atoms with Crippen LogP contribution in [-0.4, -0.2) is 39.1 Å². The molecule has 0 saturated heterocycles. The average molecular weight is 327 g/mol. The fraction of sp³-hybridized carbons (Fsp3) is 0.250. The molecule has 0 radical (unpaired) electrons. The summed E-state index contributed by atoms with van der Waals surface area (Å²) < 4.78 is 0. The number of carbonyl (C=O) groups excluding carboxylic acids is 1. The summed E-state index contributed by atoms with van der Waals surface area (Å²) in [5.74, 6) is -0.0910. The van der Waals surface area contributed by atoms with Gasteiger partial charge in [-0.25, -0.2) is 0 Å². The molecule has 0 spiro atoms. The Morgan fingerprint density at radius 2 is 2.26 bits per heavy atom. The predicted octanol–water partition coefficient (Wildman–Crippen LogP) is 2.55. The molecule has 0 saturated carbocycles. The van der Waals surface area contributed by atoms with Crippen LogP contribution in [-0.2, 0) is 11.3 Å². The van der Waals surface area contributed by atoms with Crippen molar-refractivity contribution in [1.29, 1.82) is 0 Å². The van der Waals surface area contributed by atoms with Crippen molar-refractivity contribution in [2.24, 2.45) is 0 Å². The van der Waals surface area contributed by atoms with E-state index < -0.39 is 0 Å². The van der Waals surface area contributed by atoms with Gasteiger partial charge in [0.05, 0.1) is 11.6 Å². The number of aromatic nitrogens is 3. The Morgan fingerprint density at radius 3 is 3.04 bits per heavy atom. The summed E-state index contributed by atoms with van der Waals surface area (Å²) in [4.78, 5) is 18.5. The monoisotopic (exact) mass is 327 g/mol. The number of benzene rings is 1. The van der Waals surface area contributed by atoms with Gasteiger partial charge in [-0.1, -0.05) is 23.5 Å². The third-order valence-corrected chi connectivity index (χ3v) is 4.34. The fourth-order valence-corrected chi connectivity index (χ4v) is 2.73. The Labute approximate surface area is 138 Å². The molecule has 0 aliphatic carbocycles. The number of likely N-dealkylation sites (N-methyl/N-ethyl adjacent to an activating group) is 1. The molecule has 0 bridgehead atoms. The molecule has 3 rings (SSSR count). The number of carbonyl (C=O) groups is 1. The summed E-state index contributed by atoms with van der Waals surface area (Å²) in [6.45, 7) is 2.55. The van der Waals surface area contributed by atoms with Crippen LogP contribution in [0.15, 0.2) is 42.0 Å². The van der Waals surface area contributed by atoms with Crippen molar-refractivity contribution in [3.63, 3.8) is 0 Å². The highest BCUT2D eigenvalue weighted by molar-refractivity contribution is 7.13. The molecule has 0 aliphatic rings. The van der Waals surface area contributed by atoms with Gasteiger partial charge in [-0.3, -0.25) is 20.0 Å². The van der Waals surface area contributed by atoms with Gasteiger partial charge in [-0.05, 0) is 37.7 Å². The van der Waals surface area contributed by atoms with E-state index in [-0.39, 0.29) is 11.9 Å². The average Bonchev–Trinajstić information content (AvgIpc) is 3.07. The molecule has 0 aliphatic heterocycles. The largest absolute Gasteiger partial charge is 0.299 e. The molecular formula is C16H17N5OS. The second-order valence-corrected chi connectivity index (χ2v) is 6.19. The maximum absolute atomic E-state index is 12.2. The number of pyridine rings is 1. The van der Waals surface area contributed by atoms with E-state index in [0.717, 1.165) is 16.5 Å². The minimum absolute atomic E-state index is 0.0910. The van der Waals surface area contributed by atoms with E-state index in [2.05, 4.69) is 26.6 Å². The van der Waals surface area contributed by atoms with E-state index in [1.807, 2.05) is 43.1 Å². The highest BCUT2D eigenvalue weighted by Gasteiger charge is 2.19. The highest BCUT2D eigenvalue weighted by atomic mass is 32.1. The van der Waals surface area contributed by atoms with Crippen molar-refractivity contribution in [3.05, 3.63) is 47.6 Å². The van der Waals surface area contributed by atoms with E-state index in [1.54, 1.807) is 11.7 Å². The second kappa shape index (κ2) is 6.80. The van der Waals surface area contributed by atoms with E-state index >= 15 is 0 Å². The minimum Gasteiger partial charge on any atom is -0.299 e. The van der Waals surface area contributed by atoms with Crippen LogP contribution in [0.3, 0.4) is 0 Å². The molecule has 118 valence electrons. The van der Waals surface area contributed by atoms with Crippen molar-refractivity contribution < 1.29 is 4.79 Å². The molecule has 7 heteroatoms. The lowest BCUT2D eigenvalue weighted by Gasteiger charge is -2.23. The highest BCUT2D eigenvalue weighted by Crippen LogP contribution is 2.16. The topological polar surface area (TPSA) is 71.0 Å². The second-order valence-electron chi connectivity index (χ2n) is 5.35. The molecular weight excluding hydrogens is 310 g/mol. The molecule has 2 heterocycles. The van der Waals surface area contributed by atoms with Crippen molar-refractivity contribution in [2.75, 3.05) is 12.4 Å². The van der Waals surface area contributed by atoms with Gasteiger partial charge in [0.1, 0.15) is 5.51 Å². The minimum atomic E-state index is -0.275. The first-order valence-electron chi connectivity index (χ1n) is 7.24. The molecule has 1 aromatic carbocycles. The molecule has 3 aromatic rings. The Morgan fingerprint density at radius 1 is 1.39 bits per heavy atom. The summed E-state index contributed by atoms with van der Waals surface area (Å²) in [6, 6.07) is 9.84. The van der Waals surface area contributed by atoms with Crippen LogP contribution in [0, 0.1) is 0 Å². The van der Waals surface area contributed by atoms with Crippen LogP contribution in [0.4, 0.5) is 5.13 Å². The zero-order valence-corrected chi connectivity index (χ0v) is 13.7. The molecule has 1 N–H and O–H groups in total. The molecule has 1 atom stereocenters. The van der Waals surface area contributed by atoms with Crippen LogP contribution in [0.2, 0.25) is 0 Å². The third kappa shape index (κ3) is 3.69. The van der Waals surface area contributed by atoms with Gasteiger partial charge in [0.15, 0.2) is 0 Å². The number of rotatable bonds is 5. The van der Waals surface area contributed by atoms with E-state index in [4.69, 9.17) is 0 Å². The summed E-state index contributed by atoms with van der Waals surface area (Å²) in [5.41, 5.74) is 3.71. The number of amides is 1. The van der Waals surface area contributed by atoms with Crippen LogP contribution in [0.25, 0.3) is 10.9 Å². The molecule has 6 nitrogen and oxygen atoms in total. The van der Waals surface area contributed by atoms with Crippen molar-refractivity contribution in [1.82, 2.24) is 20.1 Å². The van der Waals surface area contributed by atoms with Crippen molar-refractivity contribution >= 4 is 33.3 Å². The van der Waals surface area contributed by atoms with Crippen molar-refractivity contribution in [3.8, 4) is 0 Å². The predicted molar refractivity (Wildman–Crippen MR) is 91.2 cm³/mol. The summed E-state index contributed by atoms with van der Waals surface area (Å²) in [5, 5.41) is 11.9. The van der Waals surface area contributed by atoms with Crippen LogP contribution in [0.1, 0.15) is 12.5 Å². The molecule has 1 amide bonds. The first kappa shape index (κ1) is 15.5. The maximum Gasteiger partial charge on any atom is 0.243 e. The molecule has 0 unspecified atom stereocenters. The SMILES string of the molecule is C[C@H](C(=O)Nc1nncs1)N(C)Cc1ccc2ncccc2c1. The van der Waals surface area contributed by atoms with Crippen LogP contribution in [0.5, 0.6) is 0 Å². The maximum atomic E-state index is 12.2. The van der Waals surface area contributed by atoms with E-state index in [0.29, 0.717) is 11.7 Å². The Kier molecular flexibility index (Phi) is 4.59. The first-order chi connectivity index (χ1) is 11.1. The lowest BCUT2D eigenvalue weighted by Crippen LogP contribution is -2.39. The summed E-state index contributed by atoms with van der Waals surface area (Å²) in [6.07, 6.45) is 1.79. The normalized spacial score (nSPS) is 12.5.